The van der Waals surface area contributed by atoms with Crippen molar-refractivity contribution in [3.63, 3.8) is 0 Å². The summed E-state index contributed by atoms with van der Waals surface area (Å²) < 4.78 is 3.05. The number of fused-ring (bicyclic) bond motifs is 1. The van der Waals surface area contributed by atoms with Gasteiger partial charge in [-0.15, -0.1) is 0 Å². The molecule has 0 bridgehead atoms. The summed E-state index contributed by atoms with van der Waals surface area (Å²) in [5, 5.41) is 0. The fourth-order valence-electron chi connectivity index (χ4n) is 1.80. The molecule has 1 saturated carbocycles. The van der Waals surface area contributed by atoms with Crippen molar-refractivity contribution in [2.75, 3.05) is 0 Å². The van der Waals surface area contributed by atoms with Gasteiger partial charge in [0.05, 0.1) is 11.7 Å². The summed E-state index contributed by atoms with van der Waals surface area (Å²) >= 11 is 3.38. The minimum Gasteiger partial charge on any atom is -0.331 e. The Morgan fingerprint density at radius 2 is 2.29 bits per heavy atom. The minimum absolute atomic E-state index is 0.686. The summed E-state index contributed by atoms with van der Waals surface area (Å²) in [5.41, 5.74) is 2.16. The molecule has 2 aromatic heterocycles. The molecular formula is C10H10BrN3. The van der Waals surface area contributed by atoms with Crippen molar-refractivity contribution in [3.05, 3.63) is 22.7 Å². The molecule has 0 aromatic carbocycles. The van der Waals surface area contributed by atoms with Crippen LogP contribution >= 0.6 is 15.9 Å². The smallest absolute Gasteiger partial charge is 0.112 e. The second-order valence-corrected chi connectivity index (χ2v) is 4.61. The standard InChI is InChI=1S/C10H10BrN3/c1-14-8-4-9(11)12-5-7(8)13-10(14)6-2-3-6/h4-6H,2-3H2,1H3. The molecule has 0 aliphatic heterocycles. The molecule has 3 rings (SSSR count). The number of nitrogens with zero attached hydrogens (tertiary/aromatic N) is 3. The van der Waals surface area contributed by atoms with Crippen molar-refractivity contribution < 1.29 is 0 Å². The van der Waals surface area contributed by atoms with Gasteiger partial charge in [-0.25, -0.2) is 9.97 Å². The number of aromatic nitrogens is 3. The number of aryl methyl sites for hydroxylation is 1. The second kappa shape index (κ2) is 2.79. The van der Waals surface area contributed by atoms with Crippen molar-refractivity contribution >= 4 is 27.0 Å². The van der Waals surface area contributed by atoms with Crippen molar-refractivity contribution in [2.24, 2.45) is 7.05 Å². The first-order valence-corrected chi connectivity index (χ1v) is 5.53. The normalized spacial score (nSPS) is 16.4. The fraction of sp³-hybridized carbons (Fsp3) is 0.400. The van der Waals surface area contributed by atoms with E-state index in [0.717, 1.165) is 15.6 Å². The fourth-order valence-corrected chi connectivity index (χ4v) is 2.12. The van der Waals surface area contributed by atoms with Gasteiger partial charge in [0.25, 0.3) is 0 Å². The Morgan fingerprint density at radius 1 is 1.50 bits per heavy atom. The Bertz CT molecular complexity index is 499. The maximum absolute atomic E-state index is 4.60. The van der Waals surface area contributed by atoms with Gasteiger partial charge in [-0.2, -0.15) is 0 Å². The Labute approximate surface area is 90.3 Å². The summed E-state index contributed by atoms with van der Waals surface area (Å²) in [6.45, 7) is 0. The van der Waals surface area contributed by atoms with Crippen LogP contribution in [0.15, 0.2) is 16.9 Å². The third kappa shape index (κ3) is 1.17. The molecular weight excluding hydrogens is 242 g/mol. The molecule has 1 fully saturated rings. The van der Waals surface area contributed by atoms with E-state index in [1.165, 1.54) is 18.7 Å². The van der Waals surface area contributed by atoms with Crippen LogP contribution < -0.4 is 0 Å². The predicted molar refractivity (Wildman–Crippen MR) is 58.2 cm³/mol. The van der Waals surface area contributed by atoms with Gasteiger partial charge < -0.3 is 4.57 Å². The zero-order valence-electron chi connectivity index (χ0n) is 7.87. The van der Waals surface area contributed by atoms with Gasteiger partial charge in [0, 0.05) is 13.0 Å². The van der Waals surface area contributed by atoms with E-state index in [2.05, 4.69) is 37.5 Å². The monoisotopic (exact) mass is 251 g/mol. The molecule has 1 aliphatic carbocycles. The number of halogens is 1. The number of hydrogen-bond acceptors (Lipinski definition) is 2. The van der Waals surface area contributed by atoms with Crippen LogP contribution in [-0.4, -0.2) is 14.5 Å². The van der Waals surface area contributed by atoms with E-state index in [1.807, 2.05) is 12.3 Å². The molecule has 2 heterocycles. The number of imidazole rings is 1. The predicted octanol–water partition coefficient (Wildman–Crippen LogP) is 2.61. The lowest BCUT2D eigenvalue weighted by atomic mass is 10.4. The van der Waals surface area contributed by atoms with Crippen LogP contribution in [0.25, 0.3) is 11.0 Å². The Hall–Kier alpha value is -0.900. The lowest BCUT2D eigenvalue weighted by Gasteiger charge is -1.98. The van der Waals surface area contributed by atoms with E-state index < -0.39 is 0 Å². The summed E-state index contributed by atoms with van der Waals surface area (Å²) in [7, 11) is 2.08. The molecule has 0 N–H and O–H groups in total. The zero-order valence-corrected chi connectivity index (χ0v) is 9.45. The van der Waals surface area contributed by atoms with Crippen LogP contribution in [0.1, 0.15) is 24.6 Å². The highest BCUT2D eigenvalue weighted by atomic mass is 79.9. The van der Waals surface area contributed by atoms with E-state index >= 15 is 0 Å². The lowest BCUT2D eigenvalue weighted by molar-refractivity contribution is 0.820. The van der Waals surface area contributed by atoms with Gasteiger partial charge >= 0.3 is 0 Å². The van der Waals surface area contributed by atoms with Crippen LogP contribution in [-0.2, 0) is 7.05 Å². The van der Waals surface area contributed by atoms with Gasteiger partial charge in [0.1, 0.15) is 15.9 Å². The van der Waals surface area contributed by atoms with Crippen LogP contribution in [0.4, 0.5) is 0 Å². The zero-order chi connectivity index (χ0) is 9.71. The van der Waals surface area contributed by atoms with Crippen molar-refractivity contribution in [2.45, 2.75) is 18.8 Å². The number of pyridine rings is 1. The molecule has 0 saturated heterocycles. The van der Waals surface area contributed by atoms with Crippen molar-refractivity contribution in [3.8, 4) is 0 Å². The first-order chi connectivity index (χ1) is 6.75. The number of hydrogen-bond donors (Lipinski definition) is 0. The summed E-state index contributed by atoms with van der Waals surface area (Å²) in [6.07, 6.45) is 4.39. The van der Waals surface area contributed by atoms with E-state index in [0.29, 0.717) is 5.92 Å². The van der Waals surface area contributed by atoms with E-state index in [1.54, 1.807) is 0 Å². The molecule has 4 heteroatoms. The lowest BCUT2D eigenvalue weighted by Crippen LogP contribution is -1.94. The van der Waals surface area contributed by atoms with Crippen LogP contribution in [0, 0.1) is 0 Å². The molecule has 0 amide bonds. The van der Waals surface area contributed by atoms with Gasteiger partial charge in [0.15, 0.2) is 0 Å². The average molecular weight is 252 g/mol. The third-order valence-corrected chi connectivity index (χ3v) is 3.14. The van der Waals surface area contributed by atoms with Gasteiger partial charge in [0.2, 0.25) is 0 Å². The summed E-state index contributed by atoms with van der Waals surface area (Å²) in [4.78, 5) is 8.78. The molecule has 1 aliphatic rings. The molecule has 72 valence electrons. The Kier molecular flexibility index (Phi) is 1.68. The minimum atomic E-state index is 0.686. The molecule has 0 spiro atoms. The number of rotatable bonds is 1. The van der Waals surface area contributed by atoms with Gasteiger partial charge in [-0.3, -0.25) is 0 Å². The van der Waals surface area contributed by atoms with Crippen LogP contribution in [0.2, 0.25) is 0 Å². The third-order valence-electron chi connectivity index (χ3n) is 2.71. The van der Waals surface area contributed by atoms with Crippen LogP contribution in [0.5, 0.6) is 0 Å². The molecule has 0 radical (unpaired) electrons. The van der Waals surface area contributed by atoms with Crippen LogP contribution in [0.3, 0.4) is 0 Å². The quantitative estimate of drug-likeness (QED) is 0.730. The van der Waals surface area contributed by atoms with E-state index in [-0.39, 0.29) is 0 Å². The highest BCUT2D eigenvalue weighted by Crippen LogP contribution is 2.40. The van der Waals surface area contributed by atoms with Crippen molar-refractivity contribution in [1.82, 2.24) is 14.5 Å². The largest absolute Gasteiger partial charge is 0.331 e. The molecule has 0 atom stereocenters. The van der Waals surface area contributed by atoms with Gasteiger partial charge in [-0.05, 0) is 34.8 Å². The Balaban J connectivity index is 2.29. The Morgan fingerprint density at radius 3 is 3.00 bits per heavy atom. The molecule has 0 unspecified atom stereocenters. The van der Waals surface area contributed by atoms with E-state index in [9.17, 15) is 0 Å². The van der Waals surface area contributed by atoms with Gasteiger partial charge in [-0.1, -0.05) is 0 Å². The second-order valence-electron chi connectivity index (χ2n) is 3.80. The summed E-state index contributed by atoms with van der Waals surface area (Å²) in [6, 6.07) is 2.02. The molecule has 14 heavy (non-hydrogen) atoms. The first-order valence-electron chi connectivity index (χ1n) is 4.73. The highest BCUT2D eigenvalue weighted by Gasteiger charge is 2.28. The maximum Gasteiger partial charge on any atom is 0.112 e. The molecule has 2 aromatic rings. The van der Waals surface area contributed by atoms with E-state index in [4.69, 9.17) is 0 Å². The average Bonchev–Trinajstić information content (AvgIpc) is 2.95. The van der Waals surface area contributed by atoms with Crippen molar-refractivity contribution in [1.29, 1.82) is 0 Å². The first kappa shape index (κ1) is 8.41. The SMILES string of the molecule is Cn1c(C2CC2)nc2cnc(Br)cc21. The highest BCUT2D eigenvalue weighted by molar-refractivity contribution is 9.10. The summed E-state index contributed by atoms with van der Waals surface area (Å²) in [5.74, 6) is 1.89. The maximum atomic E-state index is 4.60. The topological polar surface area (TPSA) is 30.7 Å². The molecule has 3 nitrogen and oxygen atoms in total.